The van der Waals surface area contributed by atoms with Gasteiger partial charge >= 0.3 is 0 Å². The molecule has 1 rings (SSSR count). The molecule has 2 N–H and O–H groups in total. The van der Waals surface area contributed by atoms with Crippen LogP contribution in [0.3, 0.4) is 0 Å². The van der Waals surface area contributed by atoms with Gasteiger partial charge in [0.15, 0.2) is 0 Å². The number of rotatable bonds is 4. The van der Waals surface area contributed by atoms with Gasteiger partial charge in [-0.3, -0.25) is 9.59 Å². The fourth-order valence-electron chi connectivity index (χ4n) is 1.86. The van der Waals surface area contributed by atoms with Crippen molar-refractivity contribution in [3.63, 3.8) is 0 Å². The molecule has 0 bridgehead atoms. The summed E-state index contributed by atoms with van der Waals surface area (Å²) < 4.78 is 25.5. The van der Waals surface area contributed by atoms with Gasteiger partial charge in [-0.1, -0.05) is 0 Å². The number of alkyl halides is 2. The van der Waals surface area contributed by atoms with Gasteiger partial charge < -0.3 is 10.6 Å². The first-order chi connectivity index (χ1) is 6.80. The maximum absolute atomic E-state index is 12.7. The highest BCUT2D eigenvalue weighted by Gasteiger charge is 2.57. The van der Waals surface area contributed by atoms with Crippen LogP contribution in [0.4, 0.5) is 8.78 Å². The van der Waals surface area contributed by atoms with Crippen LogP contribution in [0.1, 0.15) is 19.8 Å². The Bertz CT molecular complexity index is 284. The van der Waals surface area contributed by atoms with Crippen molar-refractivity contribution < 1.29 is 18.4 Å². The van der Waals surface area contributed by atoms with E-state index >= 15 is 0 Å². The second kappa shape index (κ2) is 3.84. The number of Topliss-reactive ketones (excluding diaryl/α,β-unsaturated/α-hetero) is 1. The van der Waals surface area contributed by atoms with Gasteiger partial charge in [-0.25, -0.2) is 8.78 Å². The van der Waals surface area contributed by atoms with E-state index in [-0.39, 0.29) is 6.54 Å². The number of hydrogen-bond acceptors (Lipinski definition) is 3. The quantitative estimate of drug-likeness (QED) is 0.660. The second-order valence-electron chi connectivity index (χ2n) is 4.03. The Labute approximate surface area is 86.4 Å². The smallest absolute Gasteiger partial charge is 0.287 e. The lowest BCUT2D eigenvalue weighted by molar-refractivity contribution is -0.151. The minimum Gasteiger partial charge on any atom is -0.342 e. The molecule has 15 heavy (non-hydrogen) atoms. The predicted octanol–water partition coefficient (Wildman–Crippen LogP) is 0.0789. The maximum atomic E-state index is 12.7. The van der Waals surface area contributed by atoms with E-state index < -0.39 is 36.0 Å². The lowest BCUT2D eigenvalue weighted by Gasteiger charge is -2.47. The average Bonchev–Trinajstić information content (AvgIpc) is 2.00. The average molecular weight is 220 g/mol. The standard InChI is InChI=1S/C9H14F2N2O2/c1-6(14)7(15)13-8(5-12-2)3-9(10,11)4-8/h12H,3-5H2,1-2H3,(H,13,15). The predicted molar refractivity (Wildman–Crippen MR) is 49.7 cm³/mol. The molecule has 0 aromatic carbocycles. The first kappa shape index (κ1) is 12.0. The van der Waals surface area contributed by atoms with Gasteiger partial charge in [0.05, 0.1) is 5.54 Å². The number of carbonyl (C=O) groups excluding carboxylic acids is 2. The van der Waals surface area contributed by atoms with Crippen LogP contribution in [0.5, 0.6) is 0 Å². The minimum atomic E-state index is -2.74. The van der Waals surface area contributed by atoms with Gasteiger partial charge in [0.2, 0.25) is 5.78 Å². The van der Waals surface area contributed by atoms with Gasteiger partial charge in [-0.15, -0.1) is 0 Å². The van der Waals surface area contributed by atoms with Crippen LogP contribution in [0.2, 0.25) is 0 Å². The van der Waals surface area contributed by atoms with Gasteiger partial charge in [0.25, 0.3) is 11.8 Å². The van der Waals surface area contributed by atoms with Gasteiger partial charge in [-0.2, -0.15) is 0 Å². The third-order valence-electron chi connectivity index (χ3n) is 2.41. The fourth-order valence-corrected chi connectivity index (χ4v) is 1.86. The molecule has 1 amide bonds. The highest BCUT2D eigenvalue weighted by atomic mass is 19.3. The van der Waals surface area contributed by atoms with Gasteiger partial charge in [0.1, 0.15) is 0 Å². The summed E-state index contributed by atoms with van der Waals surface area (Å²) in [5.74, 6) is -4.21. The summed E-state index contributed by atoms with van der Waals surface area (Å²) in [6, 6.07) is 0. The highest BCUT2D eigenvalue weighted by Crippen LogP contribution is 2.45. The van der Waals surface area contributed by atoms with Crippen LogP contribution in [-0.2, 0) is 9.59 Å². The number of amides is 1. The first-order valence-corrected chi connectivity index (χ1v) is 4.66. The molecule has 0 aromatic heterocycles. The molecular formula is C9H14F2N2O2. The van der Waals surface area contributed by atoms with Crippen molar-refractivity contribution in [2.75, 3.05) is 13.6 Å². The molecule has 86 valence electrons. The Morgan fingerprint density at radius 1 is 1.33 bits per heavy atom. The monoisotopic (exact) mass is 220 g/mol. The fraction of sp³-hybridized carbons (Fsp3) is 0.778. The number of likely N-dealkylation sites (N-methyl/N-ethyl adjacent to an activating group) is 1. The van der Waals surface area contributed by atoms with E-state index in [0.717, 1.165) is 6.92 Å². The summed E-state index contributed by atoms with van der Waals surface area (Å²) in [4.78, 5) is 21.8. The number of halogens is 2. The van der Waals surface area contributed by atoms with E-state index in [1.165, 1.54) is 0 Å². The van der Waals surface area contributed by atoms with Gasteiger partial charge in [0, 0.05) is 26.3 Å². The zero-order valence-corrected chi connectivity index (χ0v) is 8.69. The molecular weight excluding hydrogens is 206 g/mol. The molecule has 1 saturated carbocycles. The SMILES string of the molecule is CNCC1(NC(=O)C(C)=O)CC(F)(F)C1. The zero-order valence-electron chi connectivity index (χ0n) is 8.69. The van der Waals surface area contributed by atoms with E-state index in [1.807, 2.05) is 0 Å². The van der Waals surface area contributed by atoms with Crippen molar-refractivity contribution in [3.05, 3.63) is 0 Å². The molecule has 1 aliphatic carbocycles. The van der Waals surface area contributed by atoms with Crippen molar-refractivity contribution in [3.8, 4) is 0 Å². The van der Waals surface area contributed by atoms with Crippen molar-refractivity contribution in [1.29, 1.82) is 0 Å². The number of ketones is 1. The van der Waals surface area contributed by atoms with Crippen LogP contribution in [0.25, 0.3) is 0 Å². The Morgan fingerprint density at radius 3 is 2.20 bits per heavy atom. The molecule has 4 nitrogen and oxygen atoms in total. The summed E-state index contributed by atoms with van der Waals surface area (Å²) in [5.41, 5.74) is -0.971. The summed E-state index contributed by atoms with van der Waals surface area (Å²) >= 11 is 0. The van der Waals surface area contributed by atoms with E-state index in [0.29, 0.717) is 0 Å². The van der Waals surface area contributed by atoms with Crippen molar-refractivity contribution in [2.24, 2.45) is 0 Å². The molecule has 0 atom stereocenters. The molecule has 0 spiro atoms. The largest absolute Gasteiger partial charge is 0.342 e. The van der Waals surface area contributed by atoms with Gasteiger partial charge in [-0.05, 0) is 7.05 Å². The molecule has 6 heteroatoms. The molecule has 0 aliphatic heterocycles. The third kappa shape index (κ3) is 2.71. The minimum absolute atomic E-state index is 0.238. The molecule has 0 saturated heterocycles. The summed E-state index contributed by atoms with van der Waals surface area (Å²) in [6.45, 7) is 1.35. The van der Waals surface area contributed by atoms with E-state index in [1.54, 1.807) is 7.05 Å². The zero-order chi connectivity index (χ0) is 11.7. The van der Waals surface area contributed by atoms with Crippen LogP contribution < -0.4 is 10.6 Å². The highest BCUT2D eigenvalue weighted by molar-refractivity contribution is 6.35. The summed E-state index contributed by atoms with van der Waals surface area (Å²) in [7, 11) is 1.61. The maximum Gasteiger partial charge on any atom is 0.287 e. The topological polar surface area (TPSA) is 58.2 Å². The third-order valence-corrected chi connectivity index (χ3v) is 2.41. The summed E-state index contributed by atoms with van der Waals surface area (Å²) in [6.07, 6.45) is -0.834. The molecule has 0 heterocycles. The lowest BCUT2D eigenvalue weighted by atomic mass is 9.73. The first-order valence-electron chi connectivity index (χ1n) is 4.66. The Hall–Kier alpha value is -1.04. The van der Waals surface area contributed by atoms with Crippen LogP contribution in [-0.4, -0.2) is 36.7 Å². The molecule has 0 unspecified atom stereocenters. The molecule has 1 aliphatic rings. The number of hydrogen-bond donors (Lipinski definition) is 2. The summed E-state index contributed by atoms with van der Waals surface area (Å²) in [5, 5.41) is 5.09. The molecule has 0 radical (unpaired) electrons. The Kier molecular flexibility index (Phi) is 3.08. The second-order valence-corrected chi connectivity index (χ2v) is 4.03. The van der Waals surface area contributed by atoms with E-state index in [2.05, 4.69) is 10.6 Å². The van der Waals surface area contributed by atoms with E-state index in [9.17, 15) is 18.4 Å². The Morgan fingerprint density at radius 2 is 1.87 bits per heavy atom. The van der Waals surface area contributed by atoms with Crippen molar-refractivity contribution >= 4 is 11.7 Å². The van der Waals surface area contributed by atoms with Crippen LogP contribution in [0.15, 0.2) is 0 Å². The van der Waals surface area contributed by atoms with Crippen LogP contribution in [0, 0.1) is 0 Å². The number of carbonyl (C=O) groups is 2. The normalized spacial score (nSPS) is 21.6. The van der Waals surface area contributed by atoms with Crippen molar-refractivity contribution in [1.82, 2.24) is 10.6 Å². The Balaban J connectivity index is 2.61. The molecule has 0 aromatic rings. The number of nitrogens with one attached hydrogen (secondary N) is 2. The molecule has 1 fully saturated rings. The van der Waals surface area contributed by atoms with Crippen LogP contribution >= 0.6 is 0 Å². The lowest BCUT2D eigenvalue weighted by Crippen LogP contribution is -2.67. The van der Waals surface area contributed by atoms with E-state index in [4.69, 9.17) is 0 Å². The van der Waals surface area contributed by atoms with Crippen molar-refractivity contribution in [2.45, 2.75) is 31.2 Å².